The summed E-state index contributed by atoms with van der Waals surface area (Å²) < 4.78 is 5.25. The Hall–Kier alpha value is -0.900. The normalized spacial score (nSPS) is 45.6. The van der Waals surface area contributed by atoms with Crippen LogP contribution in [0, 0.1) is 46.3 Å². The molecule has 0 heterocycles. The van der Waals surface area contributed by atoms with Crippen molar-refractivity contribution >= 4 is 11.8 Å². The summed E-state index contributed by atoms with van der Waals surface area (Å²) in [7, 11) is 1.55. The SMILES string of the molecule is COC(=O)C1CC[C@H]2[C@@H]3CCC4CC(=O)CC[C@]4(C)[C@@H]3C(NCCC(C)C)C[C@]12C. The molecule has 0 saturated heterocycles. The van der Waals surface area contributed by atoms with E-state index in [2.05, 4.69) is 33.0 Å². The Labute approximate surface area is 183 Å². The van der Waals surface area contributed by atoms with Crippen LogP contribution in [0.3, 0.4) is 0 Å². The van der Waals surface area contributed by atoms with Gasteiger partial charge in [0.2, 0.25) is 0 Å². The number of carbonyl (C=O) groups excluding carboxylic acids is 2. The quantitative estimate of drug-likeness (QED) is 0.640. The Kier molecular flexibility index (Phi) is 6.11. The Morgan fingerprint density at radius 2 is 1.93 bits per heavy atom. The molecule has 30 heavy (non-hydrogen) atoms. The van der Waals surface area contributed by atoms with Crippen molar-refractivity contribution in [2.75, 3.05) is 13.7 Å². The number of hydrogen-bond donors (Lipinski definition) is 1. The highest BCUT2D eigenvalue weighted by molar-refractivity contribution is 5.79. The molecule has 4 aliphatic rings. The van der Waals surface area contributed by atoms with Crippen LogP contribution < -0.4 is 5.32 Å². The maximum absolute atomic E-state index is 12.7. The van der Waals surface area contributed by atoms with Gasteiger partial charge in [0.05, 0.1) is 13.0 Å². The molecular formula is C26H43NO3. The fourth-order valence-electron chi connectivity index (χ4n) is 8.51. The van der Waals surface area contributed by atoms with Gasteiger partial charge in [0, 0.05) is 18.9 Å². The van der Waals surface area contributed by atoms with Crippen molar-refractivity contribution in [3.8, 4) is 0 Å². The number of nitrogens with one attached hydrogen (secondary N) is 1. The maximum atomic E-state index is 12.7. The molecule has 0 bridgehead atoms. The van der Waals surface area contributed by atoms with Crippen molar-refractivity contribution in [1.29, 1.82) is 0 Å². The van der Waals surface area contributed by atoms with Gasteiger partial charge in [-0.25, -0.2) is 0 Å². The standard InChI is InChI=1S/C26H43NO3/c1-16(2)11-13-27-22-15-26(4)20(8-9-21(26)24(29)30-5)19-7-6-17-14-18(28)10-12-25(17,3)23(19)22/h16-17,19-23,27H,6-15H2,1-5H3/t17?,19-,20-,21?,22?,23-,25-,26-/m0/s1. The van der Waals surface area contributed by atoms with Gasteiger partial charge in [-0.1, -0.05) is 27.7 Å². The van der Waals surface area contributed by atoms with E-state index in [1.165, 1.54) is 19.3 Å². The molecule has 4 saturated carbocycles. The lowest BCUT2D eigenvalue weighted by Crippen LogP contribution is -2.62. The maximum Gasteiger partial charge on any atom is 0.309 e. The van der Waals surface area contributed by atoms with Crippen LogP contribution in [0.2, 0.25) is 0 Å². The summed E-state index contributed by atoms with van der Waals surface area (Å²) in [5, 5.41) is 4.00. The third-order valence-corrected chi connectivity index (χ3v) is 10.1. The molecule has 4 fully saturated rings. The van der Waals surface area contributed by atoms with Crippen LogP contribution >= 0.6 is 0 Å². The molecule has 0 amide bonds. The second-order valence-corrected chi connectivity index (χ2v) is 11.9. The lowest BCUT2D eigenvalue weighted by molar-refractivity contribution is -0.161. The molecule has 0 spiro atoms. The van der Waals surface area contributed by atoms with E-state index in [0.717, 1.165) is 45.1 Å². The zero-order valence-corrected chi connectivity index (χ0v) is 19.8. The van der Waals surface area contributed by atoms with Gasteiger partial charge in [-0.05, 0) is 91.9 Å². The van der Waals surface area contributed by atoms with Crippen LogP contribution in [0.4, 0.5) is 0 Å². The van der Waals surface area contributed by atoms with Gasteiger partial charge < -0.3 is 10.1 Å². The van der Waals surface area contributed by atoms with Crippen LogP contribution in [-0.4, -0.2) is 31.4 Å². The second-order valence-electron chi connectivity index (χ2n) is 11.9. The molecule has 4 rings (SSSR count). The number of methoxy groups -OCH3 is 1. The Bertz CT molecular complexity index is 675. The first kappa shape index (κ1) is 22.3. The van der Waals surface area contributed by atoms with Crippen molar-refractivity contribution in [2.24, 2.45) is 46.3 Å². The van der Waals surface area contributed by atoms with Crippen LogP contribution in [0.15, 0.2) is 0 Å². The summed E-state index contributed by atoms with van der Waals surface area (Å²) in [4.78, 5) is 25.0. The Morgan fingerprint density at radius 3 is 2.63 bits per heavy atom. The number of fused-ring (bicyclic) bond motifs is 5. The van der Waals surface area contributed by atoms with Gasteiger partial charge in [0.15, 0.2) is 0 Å². The second kappa shape index (κ2) is 8.22. The van der Waals surface area contributed by atoms with Crippen LogP contribution in [0.25, 0.3) is 0 Å². The molecule has 0 radical (unpaired) electrons. The Balaban J connectivity index is 1.66. The number of Topliss-reactive ketones (excluding diaryl/α,β-unsaturated/α-hetero) is 1. The zero-order chi connectivity index (χ0) is 21.7. The third kappa shape index (κ3) is 3.55. The van der Waals surface area contributed by atoms with E-state index < -0.39 is 0 Å². The summed E-state index contributed by atoms with van der Waals surface area (Å²) >= 11 is 0. The number of esters is 1. The van der Waals surface area contributed by atoms with Crippen LogP contribution in [0.5, 0.6) is 0 Å². The number of rotatable bonds is 5. The summed E-state index contributed by atoms with van der Waals surface area (Å²) in [6.45, 7) is 10.5. The third-order valence-electron chi connectivity index (χ3n) is 10.1. The van der Waals surface area contributed by atoms with Crippen molar-refractivity contribution in [3.63, 3.8) is 0 Å². The van der Waals surface area contributed by atoms with E-state index in [9.17, 15) is 9.59 Å². The number of ether oxygens (including phenoxy) is 1. The molecule has 170 valence electrons. The first-order valence-corrected chi connectivity index (χ1v) is 12.5. The van der Waals surface area contributed by atoms with E-state index in [1.54, 1.807) is 7.11 Å². The van der Waals surface area contributed by atoms with Crippen molar-refractivity contribution in [3.05, 3.63) is 0 Å². The number of ketones is 1. The first-order chi connectivity index (χ1) is 14.2. The van der Waals surface area contributed by atoms with Gasteiger partial charge in [-0.3, -0.25) is 9.59 Å². The average Bonchev–Trinajstić information content (AvgIpc) is 3.04. The topological polar surface area (TPSA) is 55.4 Å². The van der Waals surface area contributed by atoms with Crippen molar-refractivity contribution in [2.45, 2.75) is 91.5 Å². The predicted octanol–water partition coefficient (Wildman–Crippen LogP) is 5.00. The van der Waals surface area contributed by atoms with Gasteiger partial charge in [-0.15, -0.1) is 0 Å². The summed E-state index contributed by atoms with van der Waals surface area (Å²) in [5.74, 6) is 3.69. The Morgan fingerprint density at radius 1 is 1.17 bits per heavy atom. The molecule has 4 aliphatic carbocycles. The lowest BCUT2D eigenvalue weighted by atomic mass is 9.43. The zero-order valence-electron chi connectivity index (χ0n) is 19.8. The van der Waals surface area contributed by atoms with E-state index in [-0.39, 0.29) is 22.7 Å². The molecule has 8 atom stereocenters. The highest BCUT2D eigenvalue weighted by Gasteiger charge is 2.64. The largest absolute Gasteiger partial charge is 0.469 e. The van der Waals surface area contributed by atoms with E-state index in [0.29, 0.717) is 41.4 Å². The highest BCUT2D eigenvalue weighted by Crippen LogP contribution is 2.67. The van der Waals surface area contributed by atoms with Crippen molar-refractivity contribution in [1.82, 2.24) is 5.32 Å². The minimum atomic E-state index is 0.00235. The van der Waals surface area contributed by atoms with Gasteiger partial charge >= 0.3 is 5.97 Å². The lowest BCUT2D eigenvalue weighted by Gasteiger charge is -2.62. The van der Waals surface area contributed by atoms with E-state index in [4.69, 9.17) is 4.74 Å². The summed E-state index contributed by atoms with van der Waals surface area (Å²) in [6, 6.07) is 0.446. The van der Waals surface area contributed by atoms with Crippen molar-refractivity contribution < 1.29 is 14.3 Å². The van der Waals surface area contributed by atoms with Crippen LogP contribution in [-0.2, 0) is 14.3 Å². The molecule has 0 aromatic heterocycles. The van der Waals surface area contributed by atoms with Gasteiger partial charge in [0.1, 0.15) is 5.78 Å². The summed E-state index contributed by atoms with van der Waals surface area (Å²) in [5.41, 5.74) is 0.300. The molecular weight excluding hydrogens is 374 g/mol. The minimum Gasteiger partial charge on any atom is -0.469 e. The molecule has 1 N–H and O–H groups in total. The van der Waals surface area contributed by atoms with Gasteiger partial charge in [-0.2, -0.15) is 0 Å². The molecule has 3 unspecified atom stereocenters. The highest BCUT2D eigenvalue weighted by atomic mass is 16.5. The first-order valence-electron chi connectivity index (χ1n) is 12.5. The van der Waals surface area contributed by atoms with E-state index >= 15 is 0 Å². The molecule has 4 heteroatoms. The fraction of sp³-hybridized carbons (Fsp3) is 0.923. The monoisotopic (exact) mass is 417 g/mol. The number of carbonyl (C=O) groups is 2. The molecule has 0 aromatic rings. The minimum absolute atomic E-state index is 0.00235. The molecule has 0 aliphatic heterocycles. The molecule has 0 aromatic carbocycles. The van der Waals surface area contributed by atoms with Crippen LogP contribution in [0.1, 0.15) is 85.5 Å². The predicted molar refractivity (Wildman–Crippen MR) is 119 cm³/mol. The average molecular weight is 418 g/mol. The van der Waals surface area contributed by atoms with E-state index in [1.807, 2.05) is 0 Å². The number of hydrogen-bond acceptors (Lipinski definition) is 4. The molecule has 4 nitrogen and oxygen atoms in total. The smallest absolute Gasteiger partial charge is 0.309 e. The summed E-state index contributed by atoms with van der Waals surface area (Å²) in [6.07, 6.45) is 9.45. The fourth-order valence-corrected chi connectivity index (χ4v) is 8.51. The van der Waals surface area contributed by atoms with Gasteiger partial charge in [0.25, 0.3) is 0 Å².